The van der Waals surface area contributed by atoms with Crippen molar-refractivity contribution in [2.24, 2.45) is 0 Å². The van der Waals surface area contributed by atoms with E-state index < -0.39 is 15.7 Å². The SMILES string of the molecule is CCn1c(=O)n(CC)c2cc(S(=O)(=O)c3ccc(OC)cc3)c(NC(=O)c3cccc(C)c3)cc21. The second-order valence-electron chi connectivity index (χ2n) is 8.11. The van der Waals surface area contributed by atoms with Crippen LogP contribution in [0.2, 0.25) is 0 Å². The summed E-state index contributed by atoms with van der Waals surface area (Å²) < 4.78 is 35.7. The molecule has 0 aliphatic heterocycles. The first kappa shape index (κ1) is 24.3. The van der Waals surface area contributed by atoms with Crippen molar-refractivity contribution in [3.05, 3.63) is 82.3 Å². The van der Waals surface area contributed by atoms with E-state index in [4.69, 9.17) is 4.74 Å². The zero-order valence-corrected chi connectivity index (χ0v) is 20.8. The minimum atomic E-state index is -4.05. The van der Waals surface area contributed by atoms with Gasteiger partial charge in [-0.15, -0.1) is 0 Å². The lowest BCUT2D eigenvalue weighted by Gasteiger charge is -2.14. The number of amides is 1. The number of carbonyl (C=O) groups excluding carboxylic acids is 1. The smallest absolute Gasteiger partial charge is 0.329 e. The maximum absolute atomic E-state index is 13.7. The van der Waals surface area contributed by atoms with E-state index in [-0.39, 0.29) is 21.2 Å². The number of nitrogens with zero attached hydrogens (tertiary/aromatic N) is 2. The van der Waals surface area contributed by atoms with E-state index in [0.717, 1.165) is 5.56 Å². The summed E-state index contributed by atoms with van der Waals surface area (Å²) in [7, 11) is -2.55. The molecule has 0 fully saturated rings. The Balaban J connectivity index is 1.96. The number of aromatic nitrogens is 2. The topological polar surface area (TPSA) is 99.4 Å². The Hall–Kier alpha value is -3.85. The number of hydrogen-bond acceptors (Lipinski definition) is 5. The Morgan fingerprint density at radius 3 is 2.14 bits per heavy atom. The summed E-state index contributed by atoms with van der Waals surface area (Å²) in [6.07, 6.45) is 0. The van der Waals surface area contributed by atoms with E-state index in [0.29, 0.717) is 35.4 Å². The average Bonchev–Trinajstić information content (AvgIpc) is 3.12. The van der Waals surface area contributed by atoms with Gasteiger partial charge in [-0.3, -0.25) is 13.9 Å². The van der Waals surface area contributed by atoms with Crippen molar-refractivity contribution >= 4 is 32.5 Å². The number of ether oxygens (including phenoxy) is 1. The van der Waals surface area contributed by atoms with Crippen molar-refractivity contribution in [3.8, 4) is 5.75 Å². The van der Waals surface area contributed by atoms with E-state index in [1.54, 1.807) is 41.0 Å². The molecular formula is C26H27N3O5S. The Labute approximate surface area is 203 Å². The van der Waals surface area contributed by atoms with Gasteiger partial charge in [-0.05, 0) is 69.3 Å². The Morgan fingerprint density at radius 2 is 1.57 bits per heavy atom. The molecule has 0 aliphatic carbocycles. The summed E-state index contributed by atoms with van der Waals surface area (Å²) in [6, 6.07) is 16.1. The number of imidazole rings is 1. The van der Waals surface area contributed by atoms with Crippen LogP contribution in [-0.2, 0) is 22.9 Å². The van der Waals surface area contributed by atoms with Crippen molar-refractivity contribution < 1.29 is 17.9 Å². The predicted molar refractivity (Wildman–Crippen MR) is 135 cm³/mol. The zero-order valence-electron chi connectivity index (χ0n) is 20.0. The summed E-state index contributed by atoms with van der Waals surface area (Å²) >= 11 is 0. The van der Waals surface area contributed by atoms with Gasteiger partial charge in [0, 0.05) is 18.7 Å². The fraction of sp³-hybridized carbons (Fsp3) is 0.231. The lowest BCUT2D eigenvalue weighted by atomic mass is 10.1. The number of fused-ring (bicyclic) bond motifs is 1. The Morgan fingerprint density at radius 1 is 0.943 bits per heavy atom. The molecule has 1 heterocycles. The number of methoxy groups -OCH3 is 1. The van der Waals surface area contributed by atoms with Crippen LogP contribution in [0.5, 0.6) is 5.75 Å². The van der Waals surface area contributed by atoms with Crippen molar-refractivity contribution in [1.29, 1.82) is 0 Å². The van der Waals surface area contributed by atoms with Gasteiger partial charge in [0.15, 0.2) is 0 Å². The van der Waals surface area contributed by atoms with Crippen molar-refractivity contribution in [3.63, 3.8) is 0 Å². The maximum atomic E-state index is 13.7. The van der Waals surface area contributed by atoms with Crippen LogP contribution in [0.25, 0.3) is 11.0 Å². The average molecular weight is 494 g/mol. The van der Waals surface area contributed by atoms with Crippen LogP contribution in [0.3, 0.4) is 0 Å². The summed E-state index contributed by atoms with van der Waals surface area (Å²) in [5.74, 6) is 0.0757. The van der Waals surface area contributed by atoms with Crippen LogP contribution in [0.15, 0.2) is 75.2 Å². The van der Waals surface area contributed by atoms with E-state index in [9.17, 15) is 18.0 Å². The van der Waals surface area contributed by atoms with E-state index in [1.807, 2.05) is 26.8 Å². The highest BCUT2D eigenvalue weighted by molar-refractivity contribution is 7.91. The standard InChI is InChI=1S/C26H27N3O5S/c1-5-28-22-15-21(27-25(30)18-9-7-8-17(3)14-18)24(16-23(22)29(6-2)26(28)31)35(32,33)20-12-10-19(34-4)11-13-20/h7-16H,5-6H2,1-4H3,(H,27,30). The third kappa shape index (κ3) is 4.35. The molecule has 0 radical (unpaired) electrons. The fourth-order valence-electron chi connectivity index (χ4n) is 4.14. The van der Waals surface area contributed by atoms with Gasteiger partial charge in [-0.25, -0.2) is 13.2 Å². The number of nitrogens with one attached hydrogen (secondary N) is 1. The minimum Gasteiger partial charge on any atom is -0.497 e. The van der Waals surface area contributed by atoms with Crippen LogP contribution >= 0.6 is 0 Å². The quantitative estimate of drug-likeness (QED) is 0.415. The molecule has 0 atom stereocenters. The first-order chi connectivity index (χ1) is 16.7. The van der Waals surface area contributed by atoms with Gasteiger partial charge in [0.2, 0.25) is 9.84 Å². The number of anilines is 1. The van der Waals surface area contributed by atoms with E-state index in [2.05, 4.69) is 5.32 Å². The molecule has 0 spiro atoms. The van der Waals surface area contributed by atoms with Gasteiger partial charge in [-0.2, -0.15) is 0 Å². The Bertz CT molecular complexity index is 1580. The lowest BCUT2D eigenvalue weighted by Crippen LogP contribution is -2.23. The predicted octanol–water partition coefficient (Wildman–Crippen LogP) is 4.24. The molecule has 1 aromatic heterocycles. The monoisotopic (exact) mass is 493 g/mol. The molecular weight excluding hydrogens is 466 g/mol. The van der Waals surface area contributed by atoms with Crippen molar-refractivity contribution in [2.45, 2.75) is 43.7 Å². The van der Waals surface area contributed by atoms with Gasteiger partial charge in [-0.1, -0.05) is 17.7 Å². The van der Waals surface area contributed by atoms with Crippen LogP contribution in [0, 0.1) is 6.92 Å². The molecule has 0 aliphatic rings. The summed E-state index contributed by atoms with van der Waals surface area (Å²) in [5.41, 5.74) is 2.21. The van der Waals surface area contributed by atoms with E-state index >= 15 is 0 Å². The Kier molecular flexibility index (Phi) is 6.53. The number of aryl methyl sites for hydroxylation is 3. The third-order valence-electron chi connectivity index (χ3n) is 5.94. The molecule has 35 heavy (non-hydrogen) atoms. The van der Waals surface area contributed by atoms with Crippen molar-refractivity contribution in [2.75, 3.05) is 12.4 Å². The molecule has 9 heteroatoms. The summed E-state index contributed by atoms with van der Waals surface area (Å²) in [4.78, 5) is 26.0. The largest absolute Gasteiger partial charge is 0.497 e. The number of hydrogen-bond donors (Lipinski definition) is 1. The molecule has 0 saturated carbocycles. The first-order valence-electron chi connectivity index (χ1n) is 11.3. The lowest BCUT2D eigenvalue weighted by molar-refractivity contribution is 0.102. The van der Waals surface area contributed by atoms with Gasteiger partial charge >= 0.3 is 5.69 Å². The van der Waals surface area contributed by atoms with Crippen LogP contribution in [0.1, 0.15) is 29.8 Å². The summed E-state index contributed by atoms with van der Waals surface area (Å²) in [6.45, 7) is 6.31. The summed E-state index contributed by atoms with van der Waals surface area (Å²) in [5, 5.41) is 2.78. The second kappa shape index (κ2) is 9.42. The highest BCUT2D eigenvalue weighted by Gasteiger charge is 2.26. The second-order valence-corrected chi connectivity index (χ2v) is 10.0. The molecule has 0 saturated heterocycles. The highest BCUT2D eigenvalue weighted by Crippen LogP contribution is 2.33. The molecule has 8 nitrogen and oxygen atoms in total. The van der Waals surface area contributed by atoms with Crippen molar-refractivity contribution in [1.82, 2.24) is 9.13 Å². The van der Waals surface area contributed by atoms with Gasteiger partial charge in [0.25, 0.3) is 5.91 Å². The molecule has 4 aromatic rings. The highest BCUT2D eigenvalue weighted by atomic mass is 32.2. The van der Waals surface area contributed by atoms with Gasteiger partial charge in [0.05, 0.1) is 33.6 Å². The van der Waals surface area contributed by atoms with Crippen LogP contribution in [0.4, 0.5) is 5.69 Å². The molecule has 1 N–H and O–H groups in total. The number of carbonyl (C=O) groups is 1. The molecule has 182 valence electrons. The maximum Gasteiger partial charge on any atom is 0.329 e. The van der Waals surface area contributed by atoms with Crippen LogP contribution in [-0.4, -0.2) is 30.6 Å². The molecule has 0 unspecified atom stereocenters. The number of rotatable bonds is 7. The number of benzene rings is 3. The normalized spacial score (nSPS) is 11.5. The van der Waals surface area contributed by atoms with E-state index in [1.165, 1.54) is 29.9 Å². The van der Waals surface area contributed by atoms with Crippen LogP contribution < -0.4 is 15.7 Å². The molecule has 0 bridgehead atoms. The molecule has 1 amide bonds. The first-order valence-corrected chi connectivity index (χ1v) is 12.7. The molecule has 4 rings (SSSR count). The molecule has 3 aromatic carbocycles. The van der Waals surface area contributed by atoms with Gasteiger partial charge in [0.1, 0.15) is 5.75 Å². The fourth-order valence-corrected chi connectivity index (χ4v) is 5.55. The number of sulfone groups is 1. The van der Waals surface area contributed by atoms with Gasteiger partial charge < -0.3 is 10.1 Å². The minimum absolute atomic E-state index is 0.0454. The third-order valence-corrected chi connectivity index (χ3v) is 7.75. The zero-order chi connectivity index (χ0) is 25.3.